The smallest absolute Gasteiger partial charge is 0.335 e. The molecule has 9 N–H and O–H groups in total. The van der Waals surface area contributed by atoms with Crippen LogP contribution in [0.4, 0.5) is 10.1 Å². The number of nitrogens with zero attached hydrogens (tertiary/aromatic N) is 1. The van der Waals surface area contributed by atoms with Crippen molar-refractivity contribution < 1.29 is 83.7 Å². The first kappa shape index (κ1) is 42.6. The fourth-order valence-electron chi connectivity index (χ4n) is 7.72. The van der Waals surface area contributed by atoms with E-state index in [1.165, 1.54) is 35.2 Å². The van der Waals surface area contributed by atoms with Gasteiger partial charge in [0, 0.05) is 11.3 Å². The zero-order chi connectivity index (χ0) is 43.0. The van der Waals surface area contributed by atoms with Gasteiger partial charge in [0.1, 0.15) is 53.9 Å². The number of amides is 1. The zero-order valence-corrected chi connectivity index (χ0v) is 31.4. The van der Waals surface area contributed by atoms with Crippen LogP contribution in [0.2, 0.25) is 0 Å². The van der Waals surface area contributed by atoms with Crippen LogP contribution in [0.3, 0.4) is 0 Å². The number of phenolic OH excluding ortho intramolecular Hbond substituents is 1. The third-order valence-electron chi connectivity index (χ3n) is 10.9. The van der Waals surface area contributed by atoms with Crippen molar-refractivity contribution in [2.75, 3.05) is 4.90 Å². The lowest BCUT2D eigenvalue weighted by Gasteiger charge is -2.48. The summed E-state index contributed by atoms with van der Waals surface area (Å²) < 4.78 is 36.3. The Bertz CT molecular complexity index is 2180. The Morgan fingerprint density at radius 1 is 0.700 bits per heavy atom. The molecule has 0 aliphatic carbocycles. The van der Waals surface area contributed by atoms with Gasteiger partial charge in [0.15, 0.2) is 18.5 Å². The molecule has 0 spiro atoms. The number of aliphatic hydroxyl groups excluding tert-OH is 6. The van der Waals surface area contributed by atoms with Gasteiger partial charge in [-0.1, -0.05) is 54.6 Å². The van der Waals surface area contributed by atoms with Crippen LogP contribution in [0.5, 0.6) is 11.5 Å². The van der Waals surface area contributed by atoms with E-state index < -0.39 is 97.2 Å². The number of β-lactam (4-membered cyclic amide) rings is 1. The Morgan fingerprint density at radius 2 is 1.30 bits per heavy atom. The zero-order valence-electron chi connectivity index (χ0n) is 31.4. The lowest BCUT2D eigenvalue weighted by atomic mass is 9.77. The number of anilines is 1. The van der Waals surface area contributed by atoms with Crippen LogP contribution >= 0.6 is 0 Å². The Hall–Kier alpha value is -5.54. The minimum atomic E-state index is -1.96. The molecule has 4 unspecified atom stereocenters. The van der Waals surface area contributed by atoms with Crippen LogP contribution in [0.25, 0.3) is 11.1 Å². The molecule has 4 aromatic carbocycles. The minimum Gasteiger partial charge on any atom is -0.508 e. The van der Waals surface area contributed by atoms with Gasteiger partial charge >= 0.3 is 11.9 Å². The van der Waals surface area contributed by atoms with Gasteiger partial charge in [0.2, 0.25) is 12.2 Å². The van der Waals surface area contributed by atoms with Crippen molar-refractivity contribution in [3.8, 4) is 22.6 Å². The molecule has 7 rings (SSSR count). The summed E-state index contributed by atoms with van der Waals surface area (Å²) in [4.78, 5) is 38.8. The number of halogens is 1. The number of aliphatic hydroxyl groups is 6. The van der Waals surface area contributed by atoms with Crippen molar-refractivity contribution in [3.63, 3.8) is 0 Å². The Morgan fingerprint density at radius 3 is 1.92 bits per heavy atom. The lowest BCUT2D eigenvalue weighted by Crippen LogP contribution is -2.61. The van der Waals surface area contributed by atoms with Gasteiger partial charge in [-0.2, -0.15) is 0 Å². The molecule has 3 heterocycles. The summed E-state index contributed by atoms with van der Waals surface area (Å²) in [5.74, 6) is -4.90. The first-order valence-electron chi connectivity index (χ1n) is 18.9. The molecule has 18 heteroatoms. The van der Waals surface area contributed by atoms with Crippen LogP contribution in [0.15, 0.2) is 97.1 Å². The van der Waals surface area contributed by atoms with Crippen molar-refractivity contribution in [1.82, 2.24) is 0 Å². The highest BCUT2D eigenvalue weighted by Gasteiger charge is 2.51. The van der Waals surface area contributed by atoms with E-state index in [0.29, 0.717) is 27.9 Å². The van der Waals surface area contributed by atoms with E-state index >= 15 is 0 Å². The van der Waals surface area contributed by atoms with E-state index in [0.717, 1.165) is 12.1 Å². The Labute approximate surface area is 340 Å². The molecular weight excluding hydrogens is 793 g/mol. The molecule has 1 amide bonds. The number of rotatable bonds is 13. The number of benzene rings is 4. The molecule has 0 saturated carbocycles. The van der Waals surface area contributed by atoms with Crippen LogP contribution in [0, 0.1) is 11.7 Å². The second-order valence-electron chi connectivity index (χ2n) is 14.7. The number of para-hydroxylation sites is 1. The topological polar surface area (TPSA) is 273 Å². The predicted molar refractivity (Wildman–Crippen MR) is 202 cm³/mol. The van der Waals surface area contributed by atoms with Crippen LogP contribution in [0.1, 0.15) is 36.1 Å². The standard InChI is InChI=1S/C42H42FNO16/c43-22-12-9-19(10-13-22)28(58-42-35(51)31(47)33(49)37(60-42)40(55)56)16-15-26-29(44(38(26)52)23-6-2-1-3-7-23)25-14-11-21(18-27(25)45)20-5-4-8-24(17-20)57-41-34(50)30(46)32(48)36(59-41)39(53)54/h1-14,17-18,26,28-37,41-42,45-51H,15-16H2,(H,53,54)(H,55,56)/t26-,28+,29-,30+,31+,32+,33+,34?,35?,36?,37?,41-,42-/m1/s1. The number of carboxylic acids is 2. The minimum absolute atomic E-state index is 0.0262. The lowest BCUT2D eigenvalue weighted by molar-refractivity contribution is -0.306. The van der Waals surface area contributed by atoms with E-state index in [1.807, 2.05) is 0 Å². The summed E-state index contributed by atoms with van der Waals surface area (Å²) in [5, 5.41) is 92.4. The number of carbonyl (C=O) groups is 3. The monoisotopic (exact) mass is 835 g/mol. The van der Waals surface area contributed by atoms with Crippen molar-refractivity contribution in [3.05, 3.63) is 114 Å². The van der Waals surface area contributed by atoms with E-state index in [9.17, 15) is 64.7 Å². The average Bonchev–Trinajstić information content (AvgIpc) is 3.23. The number of ether oxygens (including phenoxy) is 4. The normalized spacial score (nSPS) is 30.9. The number of phenols is 1. The largest absolute Gasteiger partial charge is 0.508 e. The van der Waals surface area contributed by atoms with Crippen molar-refractivity contribution in [1.29, 1.82) is 0 Å². The molecule has 60 heavy (non-hydrogen) atoms. The molecule has 3 fully saturated rings. The maximum Gasteiger partial charge on any atom is 0.335 e. The molecule has 0 bridgehead atoms. The second kappa shape index (κ2) is 17.6. The van der Waals surface area contributed by atoms with Gasteiger partial charge in [-0.3, -0.25) is 4.79 Å². The average molecular weight is 836 g/mol. The summed E-state index contributed by atoms with van der Waals surface area (Å²) in [6, 6.07) is 24.2. The summed E-state index contributed by atoms with van der Waals surface area (Å²) >= 11 is 0. The first-order valence-corrected chi connectivity index (χ1v) is 18.9. The van der Waals surface area contributed by atoms with E-state index in [1.54, 1.807) is 54.6 Å². The maximum absolute atomic E-state index is 14.0. The highest BCUT2D eigenvalue weighted by atomic mass is 19.1. The molecule has 3 aliphatic heterocycles. The Balaban J connectivity index is 1.14. The Kier molecular flexibility index (Phi) is 12.5. The number of aromatic hydroxyl groups is 1. The van der Waals surface area contributed by atoms with E-state index in [2.05, 4.69) is 0 Å². The molecule has 318 valence electrons. The molecular formula is C42H42FNO16. The number of hydrogen-bond donors (Lipinski definition) is 9. The van der Waals surface area contributed by atoms with Crippen LogP contribution in [-0.2, 0) is 28.6 Å². The fraction of sp³-hybridized carbons (Fsp3) is 0.357. The third kappa shape index (κ3) is 8.42. The van der Waals surface area contributed by atoms with Gasteiger partial charge in [-0.25, -0.2) is 14.0 Å². The summed E-state index contributed by atoms with van der Waals surface area (Å²) in [6.45, 7) is 0. The second-order valence-corrected chi connectivity index (χ2v) is 14.7. The summed E-state index contributed by atoms with van der Waals surface area (Å²) in [6.07, 6.45) is -19.4. The van der Waals surface area contributed by atoms with E-state index in [-0.39, 0.29) is 30.2 Å². The molecule has 0 aromatic heterocycles. The quantitative estimate of drug-likeness (QED) is 0.0866. The summed E-state index contributed by atoms with van der Waals surface area (Å²) in [7, 11) is 0. The number of carbonyl (C=O) groups excluding carboxylic acids is 1. The number of hydrogen-bond acceptors (Lipinski definition) is 14. The van der Waals surface area contributed by atoms with Crippen molar-refractivity contribution in [2.45, 2.75) is 86.4 Å². The molecule has 3 saturated heterocycles. The number of carboxylic acid groups (broad SMARTS) is 2. The van der Waals surface area contributed by atoms with Crippen LogP contribution < -0.4 is 9.64 Å². The van der Waals surface area contributed by atoms with Gasteiger partial charge in [0.25, 0.3) is 0 Å². The number of aliphatic carboxylic acids is 2. The molecule has 4 aromatic rings. The molecule has 0 radical (unpaired) electrons. The fourth-order valence-corrected chi connectivity index (χ4v) is 7.72. The maximum atomic E-state index is 14.0. The molecule has 17 nitrogen and oxygen atoms in total. The molecule has 3 aliphatic rings. The van der Waals surface area contributed by atoms with Gasteiger partial charge in [-0.15, -0.1) is 0 Å². The van der Waals surface area contributed by atoms with Gasteiger partial charge in [-0.05, 0) is 72.0 Å². The third-order valence-corrected chi connectivity index (χ3v) is 10.9. The predicted octanol–water partition coefficient (Wildman–Crippen LogP) is 1.60. The highest BCUT2D eigenvalue weighted by Crippen LogP contribution is 2.49. The van der Waals surface area contributed by atoms with E-state index in [4.69, 9.17) is 18.9 Å². The van der Waals surface area contributed by atoms with Crippen molar-refractivity contribution >= 4 is 23.5 Å². The first-order chi connectivity index (χ1) is 28.6. The SMILES string of the molecule is O=C(O)C1O[C@@H](Oc2cccc(-c3ccc([C@@H]4[C@@H](CC[C@H](O[C@@H]5OC(C(=O)O)[C@@H](O)[C@H](O)C5O)c5ccc(F)cc5)C(=O)N4c4ccccc4)c(O)c3)c2)C(O)[C@@H](O)[C@@H]1O. The van der Waals surface area contributed by atoms with Crippen molar-refractivity contribution in [2.24, 2.45) is 5.92 Å². The van der Waals surface area contributed by atoms with Crippen LogP contribution in [-0.4, -0.2) is 125 Å². The van der Waals surface area contributed by atoms with Gasteiger partial charge in [0.05, 0.1) is 18.1 Å². The highest BCUT2D eigenvalue weighted by molar-refractivity contribution is 6.03. The molecule has 13 atom stereocenters. The van der Waals surface area contributed by atoms with Gasteiger partial charge < -0.3 is 69.8 Å². The summed E-state index contributed by atoms with van der Waals surface area (Å²) in [5.41, 5.74) is 2.29.